The smallest absolute Gasteiger partial charge is 0.273 e. The van der Waals surface area contributed by atoms with Crippen molar-refractivity contribution in [3.8, 4) is 0 Å². The predicted molar refractivity (Wildman–Crippen MR) is 90.0 cm³/mol. The van der Waals surface area contributed by atoms with Gasteiger partial charge < -0.3 is 4.74 Å². The molecule has 0 aliphatic heterocycles. The van der Waals surface area contributed by atoms with E-state index in [9.17, 15) is 14.9 Å². The van der Waals surface area contributed by atoms with Gasteiger partial charge in [0.2, 0.25) is 0 Å². The maximum absolute atomic E-state index is 12.1. The molecule has 1 N–H and O–H groups in total. The minimum absolute atomic E-state index is 0.119. The first kappa shape index (κ1) is 17.6. The second kappa shape index (κ2) is 8.19. The zero-order chi connectivity index (χ0) is 17.5. The van der Waals surface area contributed by atoms with Crippen molar-refractivity contribution in [2.45, 2.75) is 6.10 Å². The van der Waals surface area contributed by atoms with Crippen molar-refractivity contribution < 1.29 is 14.5 Å². The van der Waals surface area contributed by atoms with Crippen LogP contribution in [0.1, 0.15) is 17.2 Å². The molecule has 0 radical (unpaired) electrons. The summed E-state index contributed by atoms with van der Waals surface area (Å²) in [5.74, 6) is -0.471. The van der Waals surface area contributed by atoms with Gasteiger partial charge in [-0.15, -0.1) is 0 Å². The van der Waals surface area contributed by atoms with Crippen molar-refractivity contribution in [3.63, 3.8) is 0 Å². The highest BCUT2D eigenvalue weighted by atomic mass is 35.5. The van der Waals surface area contributed by atoms with Gasteiger partial charge in [0, 0.05) is 29.8 Å². The van der Waals surface area contributed by atoms with Crippen molar-refractivity contribution in [2.24, 2.45) is 5.10 Å². The van der Waals surface area contributed by atoms with Crippen LogP contribution in [-0.4, -0.2) is 24.2 Å². The van der Waals surface area contributed by atoms with Gasteiger partial charge in [0.25, 0.3) is 11.6 Å². The number of amides is 1. The molecular formula is C16H14ClN3O4. The van der Waals surface area contributed by atoms with E-state index in [4.69, 9.17) is 16.3 Å². The van der Waals surface area contributed by atoms with E-state index in [0.29, 0.717) is 11.1 Å². The summed E-state index contributed by atoms with van der Waals surface area (Å²) in [7, 11) is 1.42. The van der Waals surface area contributed by atoms with Crippen molar-refractivity contribution >= 4 is 29.4 Å². The summed E-state index contributed by atoms with van der Waals surface area (Å²) >= 11 is 5.95. The van der Waals surface area contributed by atoms with Gasteiger partial charge in [0.15, 0.2) is 6.10 Å². The second-order valence-electron chi connectivity index (χ2n) is 4.72. The molecule has 2 rings (SSSR count). The Morgan fingerprint density at radius 1 is 1.33 bits per heavy atom. The Morgan fingerprint density at radius 2 is 2.04 bits per heavy atom. The molecule has 2 aromatic carbocycles. The normalized spacial score (nSPS) is 12.1. The van der Waals surface area contributed by atoms with Crippen LogP contribution in [0.3, 0.4) is 0 Å². The number of nitro benzene ring substituents is 1. The number of hydrazone groups is 1. The van der Waals surface area contributed by atoms with E-state index < -0.39 is 16.9 Å². The fourth-order valence-electron chi connectivity index (χ4n) is 1.99. The topological polar surface area (TPSA) is 93.8 Å². The Morgan fingerprint density at radius 3 is 2.67 bits per heavy atom. The molecule has 0 spiro atoms. The van der Waals surface area contributed by atoms with Crippen LogP contribution in [0.4, 0.5) is 5.69 Å². The first-order chi connectivity index (χ1) is 11.5. The number of nitro groups is 1. The minimum atomic E-state index is -0.816. The van der Waals surface area contributed by atoms with Gasteiger partial charge in [-0.3, -0.25) is 14.9 Å². The summed E-state index contributed by atoms with van der Waals surface area (Å²) in [5.41, 5.74) is 3.22. The van der Waals surface area contributed by atoms with E-state index >= 15 is 0 Å². The number of nitrogens with zero attached hydrogens (tertiary/aromatic N) is 2. The number of carbonyl (C=O) groups is 1. The van der Waals surface area contributed by atoms with Gasteiger partial charge >= 0.3 is 0 Å². The first-order valence-electron chi connectivity index (χ1n) is 6.87. The first-order valence-corrected chi connectivity index (χ1v) is 7.25. The third-order valence-electron chi connectivity index (χ3n) is 3.14. The summed E-state index contributed by atoms with van der Waals surface area (Å²) in [6, 6.07) is 12.9. The molecule has 1 amide bonds. The third kappa shape index (κ3) is 4.37. The number of methoxy groups -OCH3 is 1. The van der Waals surface area contributed by atoms with Crippen LogP contribution in [0.2, 0.25) is 5.02 Å². The molecule has 124 valence electrons. The summed E-state index contributed by atoms with van der Waals surface area (Å²) in [5, 5.41) is 14.8. The third-order valence-corrected chi connectivity index (χ3v) is 3.49. The molecule has 0 aliphatic carbocycles. The van der Waals surface area contributed by atoms with E-state index in [2.05, 4.69) is 10.5 Å². The molecule has 0 bridgehead atoms. The number of rotatable bonds is 6. The van der Waals surface area contributed by atoms with Crippen LogP contribution >= 0.6 is 11.6 Å². The Balaban J connectivity index is 2.09. The number of hydrogen-bond acceptors (Lipinski definition) is 5. The average molecular weight is 348 g/mol. The lowest BCUT2D eigenvalue weighted by Crippen LogP contribution is -2.26. The quantitative estimate of drug-likeness (QED) is 0.493. The number of nitrogens with one attached hydrogen (secondary N) is 1. The SMILES string of the molecule is CO[C@@H](C(=O)N/N=C\c1cc([N+](=O)[O-])ccc1Cl)c1ccccc1. The lowest BCUT2D eigenvalue weighted by molar-refractivity contribution is -0.384. The van der Waals surface area contributed by atoms with Gasteiger partial charge in [0.1, 0.15) is 0 Å². The number of benzene rings is 2. The number of halogens is 1. The predicted octanol–water partition coefficient (Wildman–Crippen LogP) is 3.09. The molecule has 0 heterocycles. The fraction of sp³-hybridized carbons (Fsp3) is 0.125. The molecule has 2 aromatic rings. The molecule has 8 heteroatoms. The Hall–Kier alpha value is -2.77. The fourth-order valence-corrected chi connectivity index (χ4v) is 2.16. The molecule has 1 atom stereocenters. The van der Waals surface area contributed by atoms with Crippen molar-refractivity contribution in [1.82, 2.24) is 5.43 Å². The van der Waals surface area contributed by atoms with Crippen LogP contribution in [0.25, 0.3) is 0 Å². The number of ether oxygens (including phenoxy) is 1. The van der Waals surface area contributed by atoms with E-state index in [0.717, 1.165) is 0 Å². The standard InChI is InChI=1S/C16H14ClN3O4/c1-24-15(11-5-3-2-4-6-11)16(21)19-18-10-12-9-13(20(22)23)7-8-14(12)17/h2-10,15H,1H3,(H,19,21)/b18-10-/t15-/m1/s1. The average Bonchev–Trinajstić information content (AvgIpc) is 2.58. The molecular weight excluding hydrogens is 334 g/mol. The van der Waals surface area contributed by atoms with E-state index in [1.54, 1.807) is 24.3 Å². The molecule has 24 heavy (non-hydrogen) atoms. The van der Waals surface area contributed by atoms with Crippen molar-refractivity contribution in [2.75, 3.05) is 7.11 Å². The van der Waals surface area contributed by atoms with Crippen LogP contribution in [-0.2, 0) is 9.53 Å². The highest BCUT2D eigenvalue weighted by Crippen LogP contribution is 2.20. The van der Waals surface area contributed by atoms with Crippen LogP contribution in [0.5, 0.6) is 0 Å². The summed E-state index contributed by atoms with van der Waals surface area (Å²) in [6.07, 6.45) is 0.425. The molecule has 0 fully saturated rings. The van der Waals surface area contributed by atoms with E-state index in [1.165, 1.54) is 31.5 Å². The van der Waals surface area contributed by atoms with Gasteiger partial charge in [-0.2, -0.15) is 5.10 Å². The van der Waals surface area contributed by atoms with Crippen molar-refractivity contribution in [1.29, 1.82) is 0 Å². The maximum Gasteiger partial charge on any atom is 0.273 e. The molecule has 0 unspecified atom stereocenters. The van der Waals surface area contributed by atoms with E-state index in [1.807, 2.05) is 6.07 Å². The Labute approximate surface area is 143 Å². The lowest BCUT2D eigenvalue weighted by atomic mass is 10.1. The van der Waals surface area contributed by atoms with Gasteiger partial charge in [-0.05, 0) is 11.6 Å². The Kier molecular flexibility index (Phi) is 6.00. The molecule has 7 nitrogen and oxygen atoms in total. The molecule has 0 aromatic heterocycles. The molecule has 0 saturated heterocycles. The monoisotopic (exact) mass is 347 g/mol. The lowest BCUT2D eigenvalue weighted by Gasteiger charge is -2.13. The number of carbonyl (C=O) groups excluding carboxylic acids is 1. The van der Waals surface area contributed by atoms with Gasteiger partial charge in [0.05, 0.1) is 11.1 Å². The zero-order valence-corrected chi connectivity index (χ0v) is 13.4. The van der Waals surface area contributed by atoms with Crippen LogP contribution in [0.15, 0.2) is 53.6 Å². The highest BCUT2D eigenvalue weighted by molar-refractivity contribution is 6.33. The summed E-state index contributed by atoms with van der Waals surface area (Å²) in [4.78, 5) is 22.4. The van der Waals surface area contributed by atoms with Crippen molar-refractivity contribution in [3.05, 3.63) is 74.8 Å². The zero-order valence-electron chi connectivity index (χ0n) is 12.7. The van der Waals surface area contributed by atoms with Gasteiger partial charge in [-0.1, -0.05) is 41.9 Å². The highest BCUT2D eigenvalue weighted by Gasteiger charge is 2.19. The maximum atomic E-state index is 12.1. The van der Waals surface area contributed by atoms with E-state index in [-0.39, 0.29) is 10.7 Å². The number of hydrogen-bond donors (Lipinski definition) is 1. The Bertz CT molecular complexity index is 765. The summed E-state index contributed by atoms with van der Waals surface area (Å²) < 4.78 is 5.17. The largest absolute Gasteiger partial charge is 0.367 e. The second-order valence-corrected chi connectivity index (χ2v) is 5.13. The van der Waals surface area contributed by atoms with Crippen LogP contribution in [0, 0.1) is 10.1 Å². The minimum Gasteiger partial charge on any atom is -0.367 e. The number of non-ortho nitro benzene ring substituents is 1. The van der Waals surface area contributed by atoms with Crippen LogP contribution < -0.4 is 5.43 Å². The molecule has 0 saturated carbocycles. The summed E-state index contributed by atoms with van der Waals surface area (Å²) in [6.45, 7) is 0. The molecule has 0 aliphatic rings. The van der Waals surface area contributed by atoms with Gasteiger partial charge in [-0.25, -0.2) is 5.43 Å².